The Morgan fingerprint density at radius 1 is 1.28 bits per heavy atom. The van der Waals surface area contributed by atoms with E-state index in [0.717, 1.165) is 44.2 Å². The van der Waals surface area contributed by atoms with Gasteiger partial charge in [-0.05, 0) is 56.5 Å². The van der Waals surface area contributed by atoms with Crippen molar-refractivity contribution >= 4 is 5.96 Å². The summed E-state index contributed by atoms with van der Waals surface area (Å²) in [5.74, 6) is 1.81. The monoisotopic (exact) mass is 342 g/mol. The second-order valence-corrected chi connectivity index (χ2v) is 6.77. The minimum atomic E-state index is 0.331. The van der Waals surface area contributed by atoms with Crippen LogP contribution in [-0.2, 0) is 0 Å². The first-order valence-electron chi connectivity index (χ1n) is 9.30. The van der Waals surface area contributed by atoms with Gasteiger partial charge in [-0.1, -0.05) is 24.3 Å². The molecule has 0 saturated carbocycles. The summed E-state index contributed by atoms with van der Waals surface area (Å²) < 4.78 is 5.42. The third kappa shape index (κ3) is 4.75. The first-order chi connectivity index (χ1) is 12.3. The van der Waals surface area contributed by atoms with E-state index in [-0.39, 0.29) is 0 Å². The van der Waals surface area contributed by atoms with E-state index in [0.29, 0.717) is 12.1 Å². The highest BCUT2D eigenvalue weighted by atomic mass is 16.5. The molecule has 1 fully saturated rings. The lowest BCUT2D eigenvalue weighted by molar-refractivity contribution is 0.244. The molecule has 1 saturated heterocycles. The first-order valence-corrected chi connectivity index (χ1v) is 9.30. The third-order valence-electron chi connectivity index (χ3n) is 5.10. The summed E-state index contributed by atoms with van der Waals surface area (Å²) in [4.78, 5) is 6.96. The summed E-state index contributed by atoms with van der Waals surface area (Å²) in [7, 11) is 3.57. The molecule has 0 aromatic heterocycles. The molecule has 0 amide bonds. The van der Waals surface area contributed by atoms with Crippen LogP contribution in [0.1, 0.15) is 37.3 Å². The molecule has 1 unspecified atom stereocenters. The van der Waals surface area contributed by atoms with E-state index >= 15 is 0 Å². The van der Waals surface area contributed by atoms with Crippen molar-refractivity contribution < 1.29 is 4.74 Å². The molecule has 136 valence electrons. The van der Waals surface area contributed by atoms with E-state index in [2.05, 4.69) is 50.9 Å². The zero-order chi connectivity index (χ0) is 17.5. The van der Waals surface area contributed by atoms with Crippen molar-refractivity contribution in [2.24, 2.45) is 4.99 Å². The summed E-state index contributed by atoms with van der Waals surface area (Å²) in [5.41, 5.74) is 1.30. The Morgan fingerprint density at radius 2 is 2.04 bits per heavy atom. The van der Waals surface area contributed by atoms with Gasteiger partial charge in [0.25, 0.3) is 0 Å². The fourth-order valence-corrected chi connectivity index (χ4v) is 3.68. The van der Waals surface area contributed by atoms with Crippen LogP contribution >= 0.6 is 0 Å². The summed E-state index contributed by atoms with van der Waals surface area (Å²) in [6.45, 7) is 3.15. The molecule has 1 aromatic rings. The van der Waals surface area contributed by atoms with Crippen molar-refractivity contribution in [1.29, 1.82) is 0 Å². The molecule has 5 heteroatoms. The van der Waals surface area contributed by atoms with Crippen LogP contribution in [0.4, 0.5) is 0 Å². The van der Waals surface area contributed by atoms with Gasteiger partial charge < -0.3 is 15.4 Å². The van der Waals surface area contributed by atoms with Crippen LogP contribution in [0.25, 0.3) is 0 Å². The maximum Gasteiger partial charge on any atom is 0.191 e. The number of hydrogen-bond donors (Lipinski definition) is 2. The molecule has 1 aromatic carbocycles. The second-order valence-electron chi connectivity index (χ2n) is 6.77. The van der Waals surface area contributed by atoms with Crippen LogP contribution in [0, 0.1) is 0 Å². The Balaban J connectivity index is 1.66. The Morgan fingerprint density at radius 3 is 2.72 bits per heavy atom. The molecule has 2 aliphatic rings. The maximum absolute atomic E-state index is 5.42. The Labute approximate surface area is 151 Å². The predicted molar refractivity (Wildman–Crippen MR) is 103 cm³/mol. The van der Waals surface area contributed by atoms with Gasteiger partial charge in [0, 0.05) is 19.6 Å². The van der Waals surface area contributed by atoms with Crippen molar-refractivity contribution in [2.75, 3.05) is 33.8 Å². The Hall–Kier alpha value is -2.01. The summed E-state index contributed by atoms with van der Waals surface area (Å²) in [5, 5.41) is 7.06. The molecule has 0 spiro atoms. The SMILES string of the molecule is CN=C(NCC(c1cccc(OC)c1)N1CCCC1)NC1CC=CC1. The highest BCUT2D eigenvalue weighted by Gasteiger charge is 2.24. The van der Waals surface area contributed by atoms with Crippen molar-refractivity contribution in [3.63, 3.8) is 0 Å². The van der Waals surface area contributed by atoms with Crippen molar-refractivity contribution in [3.05, 3.63) is 42.0 Å². The molecule has 1 atom stereocenters. The van der Waals surface area contributed by atoms with Gasteiger partial charge in [-0.25, -0.2) is 0 Å². The quantitative estimate of drug-likeness (QED) is 0.474. The van der Waals surface area contributed by atoms with Crippen LogP contribution in [0.15, 0.2) is 41.4 Å². The smallest absolute Gasteiger partial charge is 0.191 e. The highest BCUT2D eigenvalue weighted by molar-refractivity contribution is 5.80. The van der Waals surface area contributed by atoms with Crippen LogP contribution in [-0.4, -0.2) is 50.7 Å². The number of nitrogens with zero attached hydrogens (tertiary/aromatic N) is 2. The van der Waals surface area contributed by atoms with Gasteiger partial charge in [0.05, 0.1) is 13.2 Å². The molecule has 1 aliphatic heterocycles. The second kappa shape index (κ2) is 8.90. The standard InChI is InChI=1S/C20H30N4O/c1-21-20(23-17-9-3-4-10-17)22-15-19(24-12-5-6-13-24)16-8-7-11-18(14-16)25-2/h3-4,7-8,11,14,17,19H,5-6,9-10,12-13,15H2,1-2H3,(H2,21,22,23). The molecule has 1 heterocycles. The molecule has 3 rings (SSSR count). The molecule has 25 heavy (non-hydrogen) atoms. The number of methoxy groups -OCH3 is 1. The van der Waals surface area contributed by atoms with Crippen LogP contribution in [0.3, 0.4) is 0 Å². The number of guanidine groups is 1. The minimum absolute atomic E-state index is 0.331. The number of likely N-dealkylation sites (tertiary alicyclic amines) is 1. The number of nitrogens with one attached hydrogen (secondary N) is 2. The fourth-order valence-electron chi connectivity index (χ4n) is 3.68. The molecular formula is C20H30N4O. The third-order valence-corrected chi connectivity index (χ3v) is 5.10. The summed E-state index contributed by atoms with van der Waals surface area (Å²) in [6, 6.07) is 9.23. The Bertz CT molecular complexity index is 599. The van der Waals surface area contributed by atoms with Crippen LogP contribution in [0.5, 0.6) is 5.75 Å². The van der Waals surface area contributed by atoms with Crippen LogP contribution in [0.2, 0.25) is 0 Å². The van der Waals surface area contributed by atoms with Gasteiger partial charge in [-0.15, -0.1) is 0 Å². The lowest BCUT2D eigenvalue weighted by atomic mass is 10.1. The van der Waals surface area contributed by atoms with Gasteiger partial charge in [0.2, 0.25) is 0 Å². The molecule has 2 N–H and O–H groups in total. The average molecular weight is 342 g/mol. The van der Waals surface area contributed by atoms with Crippen molar-refractivity contribution in [3.8, 4) is 5.75 Å². The normalized spacial score (nSPS) is 20.0. The van der Waals surface area contributed by atoms with E-state index in [1.165, 1.54) is 18.4 Å². The lowest BCUT2D eigenvalue weighted by Gasteiger charge is -2.29. The van der Waals surface area contributed by atoms with Gasteiger partial charge >= 0.3 is 0 Å². The zero-order valence-corrected chi connectivity index (χ0v) is 15.4. The summed E-state index contributed by atoms with van der Waals surface area (Å²) in [6.07, 6.45) is 9.17. The number of hydrogen-bond acceptors (Lipinski definition) is 3. The highest BCUT2D eigenvalue weighted by Crippen LogP contribution is 2.27. The van der Waals surface area contributed by atoms with Crippen molar-refractivity contribution in [1.82, 2.24) is 15.5 Å². The number of ether oxygens (including phenoxy) is 1. The molecule has 0 radical (unpaired) electrons. The zero-order valence-electron chi connectivity index (χ0n) is 15.4. The predicted octanol–water partition coefficient (Wildman–Crippen LogP) is 2.72. The minimum Gasteiger partial charge on any atom is -0.497 e. The number of benzene rings is 1. The van der Waals surface area contributed by atoms with E-state index in [9.17, 15) is 0 Å². The molecular weight excluding hydrogens is 312 g/mol. The average Bonchev–Trinajstić information content (AvgIpc) is 3.35. The Kier molecular flexibility index (Phi) is 6.34. The van der Waals surface area contributed by atoms with Gasteiger partial charge in [0.15, 0.2) is 5.96 Å². The van der Waals surface area contributed by atoms with Gasteiger partial charge in [-0.2, -0.15) is 0 Å². The lowest BCUT2D eigenvalue weighted by Crippen LogP contribution is -2.45. The van der Waals surface area contributed by atoms with E-state index in [4.69, 9.17) is 4.74 Å². The van der Waals surface area contributed by atoms with Crippen LogP contribution < -0.4 is 15.4 Å². The molecule has 0 bridgehead atoms. The topological polar surface area (TPSA) is 48.9 Å². The molecule has 5 nitrogen and oxygen atoms in total. The molecule has 1 aliphatic carbocycles. The first kappa shape index (κ1) is 17.8. The van der Waals surface area contributed by atoms with Crippen molar-refractivity contribution in [2.45, 2.75) is 37.8 Å². The van der Waals surface area contributed by atoms with Gasteiger partial charge in [0.1, 0.15) is 5.75 Å². The summed E-state index contributed by atoms with van der Waals surface area (Å²) >= 11 is 0. The van der Waals surface area contributed by atoms with E-state index in [1.54, 1.807) is 7.11 Å². The number of rotatable bonds is 6. The fraction of sp³-hybridized carbons (Fsp3) is 0.550. The van der Waals surface area contributed by atoms with E-state index in [1.807, 2.05) is 13.1 Å². The number of aliphatic imine (C=N–C) groups is 1. The van der Waals surface area contributed by atoms with E-state index < -0.39 is 0 Å². The largest absolute Gasteiger partial charge is 0.497 e. The maximum atomic E-state index is 5.42. The van der Waals surface area contributed by atoms with Gasteiger partial charge in [-0.3, -0.25) is 9.89 Å².